The van der Waals surface area contributed by atoms with Crippen LogP contribution in [0.3, 0.4) is 0 Å². The lowest BCUT2D eigenvalue weighted by molar-refractivity contribution is -0.174. The number of rotatable bonds is 9. The van der Waals surface area contributed by atoms with E-state index in [1.165, 1.54) is 4.90 Å². The Kier molecular flexibility index (Phi) is 9.54. The molecular weight excluding hydrogens is 441 g/mol. The number of alkyl halides is 3. The largest absolute Gasteiger partial charge is 0.471 e. The Labute approximate surface area is 192 Å². The van der Waals surface area contributed by atoms with Gasteiger partial charge in [-0.2, -0.15) is 13.2 Å². The van der Waals surface area contributed by atoms with E-state index in [2.05, 4.69) is 0 Å². The van der Waals surface area contributed by atoms with Crippen LogP contribution in [0.5, 0.6) is 0 Å². The van der Waals surface area contributed by atoms with E-state index in [0.29, 0.717) is 32.6 Å². The molecule has 0 saturated carbocycles. The summed E-state index contributed by atoms with van der Waals surface area (Å²) in [7, 11) is 0. The molecule has 1 aliphatic rings. The van der Waals surface area contributed by atoms with Crippen molar-refractivity contribution < 1.29 is 37.0 Å². The van der Waals surface area contributed by atoms with Crippen molar-refractivity contribution in [1.29, 1.82) is 0 Å². The second kappa shape index (κ2) is 11.7. The lowest BCUT2D eigenvalue weighted by Crippen LogP contribution is -2.55. The van der Waals surface area contributed by atoms with Gasteiger partial charge in [0.25, 0.3) is 0 Å². The number of amides is 2. The van der Waals surface area contributed by atoms with Crippen molar-refractivity contribution in [1.82, 2.24) is 10.2 Å². The highest BCUT2D eigenvalue weighted by molar-refractivity contribution is 5.81. The van der Waals surface area contributed by atoms with Crippen molar-refractivity contribution >= 4 is 12.0 Å². The van der Waals surface area contributed by atoms with Crippen molar-refractivity contribution in [2.75, 3.05) is 39.5 Å². The summed E-state index contributed by atoms with van der Waals surface area (Å²) in [6, 6.07) is 9.61. The summed E-state index contributed by atoms with van der Waals surface area (Å²) in [6.45, 7) is 6.51. The normalized spacial score (nSPS) is 19.3. The first-order chi connectivity index (χ1) is 15.4. The van der Waals surface area contributed by atoms with Crippen LogP contribution in [0.1, 0.15) is 39.2 Å². The van der Waals surface area contributed by atoms with Crippen LogP contribution in [-0.2, 0) is 25.6 Å². The van der Waals surface area contributed by atoms with Gasteiger partial charge < -0.3 is 24.4 Å². The number of carbonyl (C=O) groups excluding carboxylic acids is 2. The van der Waals surface area contributed by atoms with E-state index in [4.69, 9.17) is 14.2 Å². The summed E-state index contributed by atoms with van der Waals surface area (Å²) in [4.78, 5) is 25.4. The number of benzene rings is 1. The summed E-state index contributed by atoms with van der Waals surface area (Å²) in [5.74, 6) is -2.01. The first-order valence-electron chi connectivity index (χ1n) is 10.9. The Hall–Kier alpha value is -2.33. The number of nitrogens with one attached hydrogen (secondary N) is 1. The molecule has 0 unspecified atom stereocenters. The minimum absolute atomic E-state index is 0.0686. The number of ether oxygens (including phenoxy) is 3. The molecule has 186 valence electrons. The second-order valence-corrected chi connectivity index (χ2v) is 9.28. The molecule has 1 aromatic carbocycles. The van der Waals surface area contributed by atoms with E-state index in [0.717, 1.165) is 5.56 Å². The van der Waals surface area contributed by atoms with E-state index >= 15 is 0 Å². The lowest BCUT2D eigenvalue weighted by Gasteiger charge is -2.43. The Morgan fingerprint density at radius 3 is 2.39 bits per heavy atom. The topological polar surface area (TPSA) is 77.1 Å². The maximum Gasteiger partial charge on any atom is 0.471 e. The van der Waals surface area contributed by atoms with Gasteiger partial charge in [0, 0.05) is 25.0 Å². The molecule has 0 radical (unpaired) electrons. The number of hydrogen-bond donors (Lipinski definition) is 1. The molecule has 1 heterocycles. The van der Waals surface area contributed by atoms with Crippen LogP contribution in [0.4, 0.5) is 18.0 Å². The van der Waals surface area contributed by atoms with Gasteiger partial charge in [0.15, 0.2) is 0 Å². The highest BCUT2D eigenvalue weighted by Crippen LogP contribution is 2.31. The predicted octanol–water partition coefficient (Wildman–Crippen LogP) is 3.92. The maximum absolute atomic E-state index is 12.7. The van der Waals surface area contributed by atoms with Gasteiger partial charge in [-0.05, 0) is 39.2 Å². The number of piperidine rings is 1. The molecule has 0 aliphatic carbocycles. The predicted molar refractivity (Wildman–Crippen MR) is 115 cm³/mol. The summed E-state index contributed by atoms with van der Waals surface area (Å²) >= 11 is 0. The van der Waals surface area contributed by atoms with E-state index in [1.54, 1.807) is 20.8 Å². The third-order valence-electron chi connectivity index (χ3n) is 5.09. The van der Waals surface area contributed by atoms with Crippen LogP contribution >= 0.6 is 0 Å². The zero-order valence-corrected chi connectivity index (χ0v) is 19.4. The first kappa shape index (κ1) is 26.9. The van der Waals surface area contributed by atoms with Gasteiger partial charge in [-0.25, -0.2) is 4.79 Å². The zero-order chi connectivity index (χ0) is 24.5. The Morgan fingerprint density at radius 1 is 1.09 bits per heavy atom. The first-order valence-corrected chi connectivity index (χ1v) is 10.9. The lowest BCUT2D eigenvalue weighted by atomic mass is 9.80. The second-order valence-electron chi connectivity index (χ2n) is 9.28. The van der Waals surface area contributed by atoms with Crippen molar-refractivity contribution in [3.05, 3.63) is 35.9 Å². The number of carbonyl (C=O) groups is 2. The molecule has 1 fully saturated rings. The quantitative estimate of drug-likeness (QED) is 0.549. The van der Waals surface area contributed by atoms with Gasteiger partial charge in [0.1, 0.15) is 5.60 Å². The summed E-state index contributed by atoms with van der Waals surface area (Å²) in [6.07, 6.45) is -4.48. The smallest absolute Gasteiger partial charge is 0.444 e. The minimum atomic E-state index is -4.98. The monoisotopic (exact) mass is 474 g/mol. The van der Waals surface area contributed by atoms with Gasteiger partial charge in [-0.15, -0.1) is 0 Å². The van der Waals surface area contributed by atoms with Crippen LogP contribution in [0, 0.1) is 5.41 Å². The summed E-state index contributed by atoms with van der Waals surface area (Å²) in [5, 5.41) is 1.96. The zero-order valence-electron chi connectivity index (χ0n) is 19.4. The average Bonchev–Trinajstić information content (AvgIpc) is 2.73. The molecule has 2 rings (SSSR count). The maximum atomic E-state index is 12.7. The standard InChI is InChI=1S/C23H33F3N2O5/c1-21(2,3)33-20(30)28-11-7-10-22(16-28,15-27-19(29)23(24,25)26)17-32-13-12-31-14-18-8-5-4-6-9-18/h4-6,8-9H,7,10-17H2,1-3H3,(H,27,29)/t22-/m1/s1. The van der Waals surface area contributed by atoms with Crippen molar-refractivity contribution in [3.63, 3.8) is 0 Å². The van der Waals surface area contributed by atoms with Crippen LogP contribution < -0.4 is 5.32 Å². The number of likely N-dealkylation sites (tertiary alicyclic amines) is 1. The molecule has 0 spiro atoms. The highest BCUT2D eigenvalue weighted by atomic mass is 19.4. The molecule has 1 saturated heterocycles. The molecule has 33 heavy (non-hydrogen) atoms. The summed E-state index contributed by atoms with van der Waals surface area (Å²) in [5.41, 5.74) is -0.548. The van der Waals surface area contributed by atoms with Crippen LogP contribution in [-0.4, -0.2) is 68.1 Å². The van der Waals surface area contributed by atoms with Crippen LogP contribution in [0.2, 0.25) is 0 Å². The SMILES string of the molecule is CC(C)(C)OC(=O)N1CCC[C@](CNC(=O)C(F)(F)F)(COCCOCc2ccccc2)C1. The highest BCUT2D eigenvalue weighted by Gasteiger charge is 2.43. The fraction of sp³-hybridized carbons (Fsp3) is 0.652. The number of hydrogen-bond acceptors (Lipinski definition) is 5. The van der Waals surface area contributed by atoms with Crippen LogP contribution in [0.25, 0.3) is 0 Å². The Bertz CT molecular complexity index is 768. The molecular formula is C23H33F3N2O5. The molecule has 2 amide bonds. The van der Waals surface area contributed by atoms with Gasteiger partial charge in [-0.1, -0.05) is 30.3 Å². The van der Waals surface area contributed by atoms with Gasteiger partial charge in [-0.3, -0.25) is 4.79 Å². The minimum Gasteiger partial charge on any atom is -0.444 e. The van der Waals surface area contributed by atoms with Gasteiger partial charge >= 0.3 is 18.2 Å². The Balaban J connectivity index is 1.93. The van der Waals surface area contributed by atoms with Gasteiger partial charge in [0.2, 0.25) is 0 Å². The molecule has 1 N–H and O–H groups in total. The van der Waals surface area contributed by atoms with Crippen molar-refractivity contribution in [2.45, 2.75) is 52.0 Å². The van der Waals surface area contributed by atoms with Crippen molar-refractivity contribution in [3.8, 4) is 0 Å². The molecule has 0 bridgehead atoms. The molecule has 1 aliphatic heterocycles. The number of halogens is 3. The third kappa shape index (κ3) is 9.59. The molecule has 7 nitrogen and oxygen atoms in total. The third-order valence-corrected chi connectivity index (χ3v) is 5.09. The van der Waals surface area contributed by atoms with Crippen LogP contribution in [0.15, 0.2) is 30.3 Å². The summed E-state index contributed by atoms with van der Waals surface area (Å²) < 4.78 is 54.8. The average molecular weight is 475 g/mol. The molecule has 1 atom stereocenters. The fourth-order valence-electron chi connectivity index (χ4n) is 3.54. The Morgan fingerprint density at radius 2 is 1.76 bits per heavy atom. The van der Waals surface area contributed by atoms with E-state index in [-0.39, 0.29) is 26.3 Å². The van der Waals surface area contributed by atoms with Crippen molar-refractivity contribution in [2.24, 2.45) is 5.41 Å². The van der Waals surface area contributed by atoms with E-state index < -0.39 is 29.2 Å². The van der Waals surface area contributed by atoms with Gasteiger partial charge in [0.05, 0.1) is 26.4 Å². The number of nitrogens with zero attached hydrogens (tertiary/aromatic N) is 1. The molecule has 0 aromatic heterocycles. The van der Waals surface area contributed by atoms with E-state index in [1.807, 2.05) is 35.6 Å². The molecule has 1 aromatic rings. The van der Waals surface area contributed by atoms with E-state index in [9.17, 15) is 22.8 Å². The molecule has 10 heteroatoms. The fourth-order valence-corrected chi connectivity index (χ4v) is 3.54.